The average molecular weight is 242 g/mol. The molecule has 1 aromatic heterocycles. The van der Waals surface area contributed by atoms with Crippen LogP contribution in [0.25, 0.3) is 0 Å². The van der Waals surface area contributed by atoms with Gasteiger partial charge in [-0.25, -0.2) is 9.97 Å². The molecule has 0 aliphatic rings. The second kappa shape index (κ2) is 5.80. The lowest BCUT2D eigenvalue weighted by molar-refractivity contribution is -0.116. The fraction of sp³-hybridized carbons (Fsp3) is 0.545. The van der Waals surface area contributed by atoms with Gasteiger partial charge in [-0.15, -0.1) is 0 Å². The minimum atomic E-state index is -0.0737. The molecular weight excluding hydrogens is 226 g/mol. The summed E-state index contributed by atoms with van der Waals surface area (Å²) in [4.78, 5) is 19.5. The van der Waals surface area contributed by atoms with Crippen LogP contribution in [0.1, 0.15) is 32.4 Å². The Labute approximate surface area is 100 Å². The SMILES string of the molecule is Cc1cc(Cl)nc(NC(=O)CCC(C)C)n1. The van der Waals surface area contributed by atoms with E-state index >= 15 is 0 Å². The molecule has 1 heterocycles. The molecule has 1 amide bonds. The molecule has 4 nitrogen and oxygen atoms in total. The highest BCUT2D eigenvalue weighted by Crippen LogP contribution is 2.10. The van der Waals surface area contributed by atoms with Gasteiger partial charge in [0, 0.05) is 12.1 Å². The zero-order valence-electron chi connectivity index (χ0n) is 9.75. The van der Waals surface area contributed by atoms with Crippen LogP contribution in [-0.2, 0) is 4.79 Å². The largest absolute Gasteiger partial charge is 0.294 e. The van der Waals surface area contributed by atoms with Crippen LogP contribution >= 0.6 is 11.6 Å². The summed E-state index contributed by atoms with van der Waals surface area (Å²) in [6.45, 7) is 5.96. The van der Waals surface area contributed by atoms with Crippen LogP contribution in [0.2, 0.25) is 5.15 Å². The summed E-state index contributed by atoms with van der Waals surface area (Å²) in [6.07, 6.45) is 1.33. The Balaban J connectivity index is 2.56. The Morgan fingerprint density at radius 3 is 2.75 bits per heavy atom. The van der Waals surface area contributed by atoms with E-state index in [0.717, 1.165) is 12.1 Å². The molecule has 1 rings (SSSR count). The molecule has 0 atom stereocenters. The van der Waals surface area contributed by atoms with E-state index in [2.05, 4.69) is 29.1 Å². The minimum absolute atomic E-state index is 0.0737. The Hall–Kier alpha value is -1.16. The van der Waals surface area contributed by atoms with E-state index in [0.29, 0.717) is 17.5 Å². The van der Waals surface area contributed by atoms with Gasteiger partial charge in [-0.3, -0.25) is 10.1 Å². The molecule has 0 saturated carbocycles. The highest BCUT2D eigenvalue weighted by Gasteiger charge is 2.07. The molecule has 88 valence electrons. The normalized spacial score (nSPS) is 10.6. The summed E-state index contributed by atoms with van der Waals surface area (Å²) in [7, 11) is 0. The standard InChI is InChI=1S/C11H16ClN3O/c1-7(2)4-5-10(16)15-11-13-8(3)6-9(12)14-11/h6-7H,4-5H2,1-3H3,(H,13,14,15,16). The van der Waals surface area contributed by atoms with Gasteiger partial charge < -0.3 is 0 Å². The quantitative estimate of drug-likeness (QED) is 0.825. The predicted octanol–water partition coefficient (Wildman–Crippen LogP) is 2.81. The molecule has 0 aliphatic carbocycles. The summed E-state index contributed by atoms with van der Waals surface area (Å²) in [5.41, 5.74) is 0.735. The fourth-order valence-corrected chi connectivity index (χ4v) is 1.43. The second-order valence-corrected chi connectivity index (χ2v) is 4.52. The molecule has 0 aliphatic heterocycles. The van der Waals surface area contributed by atoms with E-state index in [1.54, 1.807) is 13.0 Å². The maximum Gasteiger partial charge on any atom is 0.231 e. The monoisotopic (exact) mass is 241 g/mol. The van der Waals surface area contributed by atoms with Crippen molar-refractivity contribution in [2.75, 3.05) is 5.32 Å². The van der Waals surface area contributed by atoms with Gasteiger partial charge >= 0.3 is 0 Å². The number of aryl methyl sites for hydroxylation is 1. The van der Waals surface area contributed by atoms with E-state index < -0.39 is 0 Å². The lowest BCUT2D eigenvalue weighted by atomic mass is 10.1. The number of carbonyl (C=O) groups is 1. The lowest BCUT2D eigenvalue weighted by Gasteiger charge is -2.06. The molecule has 0 fully saturated rings. The van der Waals surface area contributed by atoms with Crippen LogP contribution in [0.5, 0.6) is 0 Å². The van der Waals surface area contributed by atoms with Gasteiger partial charge in [-0.1, -0.05) is 25.4 Å². The number of hydrogen-bond acceptors (Lipinski definition) is 3. The predicted molar refractivity (Wildman–Crippen MR) is 64.5 cm³/mol. The molecular formula is C11H16ClN3O. The van der Waals surface area contributed by atoms with E-state index in [1.165, 1.54) is 0 Å². The average Bonchev–Trinajstić information content (AvgIpc) is 2.12. The molecule has 0 spiro atoms. The number of hydrogen-bond donors (Lipinski definition) is 1. The van der Waals surface area contributed by atoms with Crippen molar-refractivity contribution in [1.82, 2.24) is 9.97 Å². The van der Waals surface area contributed by atoms with Crippen molar-refractivity contribution in [3.63, 3.8) is 0 Å². The number of rotatable bonds is 4. The van der Waals surface area contributed by atoms with Crippen LogP contribution in [0.4, 0.5) is 5.95 Å². The van der Waals surface area contributed by atoms with E-state index in [-0.39, 0.29) is 11.9 Å². The van der Waals surface area contributed by atoms with Gasteiger partial charge in [-0.05, 0) is 25.3 Å². The molecule has 0 radical (unpaired) electrons. The molecule has 0 unspecified atom stereocenters. The number of aromatic nitrogens is 2. The molecule has 16 heavy (non-hydrogen) atoms. The highest BCUT2D eigenvalue weighted by molar-refractivity contribution is 6.29. The van der Waals surface area contributed by atoms with Crippen LogP contribution in [0.3, 0.4) is 0 Å². The van der Waals surface area contributed by atoms with Gasteiger partial charge in [0.15, 0.2) is 0 Å². The highest BCUT2D eigenvalue weighted by atomic mass is 35.5. The van der Waals surface area contributed by atoms with Crippen molar-refractivity contribution >= 4 is 23.5 Å². The van der Waals surface area contributed by atoms with Gasteiger partial charge in [-0.2, -0.15) is 0 Å². The molecule has 1 aromatic rings. The minimum Gasteiger partial charge on any atom is -0.294 e. The molecule has 0 aromatic carbocycles. The Morgan fingerprint density at radius 1 is 1.50 bits per heavy atom. The summed E-state index contributed by atoms with van der Waals surface area (Å²) in [5, 5.41) is 2.97. The number of nitrogens with one attached hydrogen (secondary N) is 1. The van der Waals surface area contributed by atoms with Crippen molar-refractivity contribution < 1.29 is 4.79 Å². The zero-order valence-corrected chi connectivity index (χ0v) is 10.5. The summed E-state index contributed by atoms with van der Waals surface area (Å²) in [6, 6.07) is 1.64. The molecule has 5 heteroatoms. The first-order chi connectivity index (χ1) is 7.47. The van der Waals surface area contributed by atoms with Gasteiger partial charge in [0.1, 0.15) is 5.15 Å². The van der Waals surface area contributed by atoms with Crippen LogP contribution in [0.15, 0.2) is 6.07 Å². The first-order valence-electron chi connectivity index (χ1n) is 5.28. The third-order valence-electron chi connectivity index (χ3n) is 2.02. The maximum absolute atomic E-state index is 11.5. The van der Waals surface area contributed by atoms with Crippen LogP contribution in [0, 0.1) is 12.8 Å². The maximum atomic E-state index is 11.5. The number of halogens is 1. The Bertz CT molecular complexity index is 359. The Morgan fingerprint density at radius 2 is 2.19 bits per heavy atom. The molecule has 0 bridgehead atoms. The zero-order chi connectivity index (χ0) is 12.1. The number of carbonyl (C=O) groups excluding carboxylic acids is 1. The number of nitrogens with zero attached hydrogens (tertiary/aromatic N) is 2. The van der Waals surface area contributed by atoms with Crippen molar-refractivity contribution in [3.05, 3.63) is 16.9 Å². The third kappa shape index (κ3) is 4.57. The van der Waals surface area contributed by atoms with Gasteiger partial charge in [0.05, 0.1) is 0 Å². The van der Waals surface area contributed by atoms with Crippen molar-refractivity contribution in [1.29, 1.82) is 0 Å². The van der Waals surface area contributed by atoms with Gasteiger partial charge in [0.25, 0.3) is 0 Å². The van der Waals surface area contributed by atoms with Crippen molar-refractivity contribution in [2.24, 2.45) is 5.92 Å². The van der Waals surface area contributed by atoms with E-state index in [1.807, 2.05) is 0 Å². The lowest BCUT2D eigenvalue weighted by Crippen LogP contribution is -2.14. The third-order valence-corrected chi connectivity index (χ3v) is 2.22. The summed E-state index contributed by atoms with van der Waals surface area (Å²) >= 11 is 5.76. The van der Waals surface area contributed by atoms with Gasteiger partial charge in [0.2, 0.25) is 11.9 Å². The van der Waals surface area contributed by atoms with E-state index in [4.69, 9.17) is 11.6 Å². The number of amides is 1. The Kier molecular flexibility index (Phi) is 4.68. The smallest absolute Gasteiger partial charge is 0.231 e. The summed E-state index contributed by atoms with van der Waals surface area (Å²) < 4.78 is 0. The second-order valence-electron chi connectivity index (χ2n) is 4.14. The van der Waals surface area contributed by atoms with Crippen LogP contribution in [-0.4, -0.2) is 15.9 Å². The molecule has 1 N–H and O–H groups in total. The fourth-order valence-electron chi connectivity index (χ4n) is 1.19. The van der Waals surface area contributed by atoms with E-state index in [9.17, 15) is 4.79 Å². The van der Waals surface area contributed by atoms with Crippen molar-refractivity contribution in [2.45, 2.75) is 33.6 Å². The summed E-state index contributed by atoms with van der Waals surface area (Å²) in [5.74, 6) is 0.710. The van der Waals surface area contributed by atoms with Crippen molar-refractivity contribution in [3.8, 4) is 0 Å². The van der Waals surface area contributed by atoms with Crippen LogP contribution < -0.4 is 5.32 Å². The topological polar surface area (TPSA) is 54.9 Å². The number of anilines is 1. The first-order valence-corrected chi connectivity index (χ1v) is 5.66. The molecule has 0 saturated heterocycles. The first kappa shape index (κ1) is 12.9.